The van der Waals surface area contributed by atoms with Crippen LogP contribution in [0.1, 0.15) is 41.4 Å². The zero-order chi connectivity index (χ0) is 16.8. The molecule has 0 radical (unpaired) electrons. The lowest BCUT2D eigenvalue weighted by atomic mass is 9.95. The second-order valence-corrected chi connectivity index (χ2v) is 5.66. The maximum Gasteiger partial charge on any atom is 0.251 e. The number of nitriles is 1. The third-order valence-corrected chi connectivity index (χ3v) is 3.70. The summed E-state index contributed by atoms with van der Waals surface area (Å²) in [5.74, 6) is 0.879. The normalized spacial score (nSPS) is 11.6. The Morgan fingerprint density at radius 3 is 2.17 bits per heavy atom. The highest BCUT2D eigenvalue weighted by atomic mass is 16.5. The van der Waals surface area contributed by atoms with Crippen LogP contribution in [0.5, 0.6) is 5.75 Å². The van der Waals surface area contributed by atoms with Crippen molar-refractivity contribution in [2.24, 2.45) is 5.92 Å². The average Bonchev–Trinajstić information content (AvgIpc) is 2.59. The van der Waals surface area contributed by atoms with Crippen molar-refractivity contribution in [2.45, 2.75) is 19.9 Å². The first-order valence-corrected chi connectivity index (χ1v) is 7.50. The fraction of sp³-hybridized carbons (Fsp3) is 0.263. The molecule has 1 amide bonds. The van der Waals surface area contributed by atoms with Crippen molar-refractivity contribution >= 4 is 5.91 Å². The van der Waals surface area contributed by atoms with Crippen molar-refractivity contribution in [1.29, 1.82) is 5.26 Å². The molecule has 0 aliphatic carbocycles. The van der Waals surface area contributed by atoms with Crippen molar-refractivity contribution in [3.05, 3.63) is 65.2 Å². The summed E-state index contributed by atoms with van der Waals surface area (Å²) in [7, 11) is 1.63. The Kier molecular flexibility index (Phi) is 5.37. The van der Waals surface area contributed by atoms with Crippen LogP contribution in [0.3, 0.4) is 0 Å². The number of carbonyl (C=O) groups is 1. The second kappa shape index (κ2) is 7.46. The topological polar surface area (TPSA) is 62.1 Å². The van der Waals surface area contributed by atoms with Gasteiger partial charge in [-0.2, -0.15) is 5.26 Å². The van der Waals surface area contributed by atoms with Gasteiger partial charge in [0.25, 0.3) is 5.91 Å². The molecule has 0 aliphatic heterocycles. The summed E-state index contributed by atoms with van der Waals surface area (Å²) >= 11 is 0. The third-order valence-electron chi connectivity index (χ3n) is 3.70. The summed E-state index contributed by atoms with van der Waals surface area (Å²) < 4.78 is 5.17. The minimum Gasteiger partial charge on any atom is -0.497 e. The summed E-state index contributed by atoms with van der Waals surface area (Å²) in [6.07, 6.45) is 0. The van der Waals surface area contributed by atoms with Crippen LogP contribution in [-0.2, 0) is 0 Å². The number of nitrogens with zero attached hydrogens (tertiary/aromatic N) is 1. The lowest BCUT2D eigenvalue weighted by Crippen LogP contribution is -2.31. The number of rotatable bonds is 5. The van der Waals surface area contributed by atoms with Gasteiger partial charge in [-0.1, -0.05) is 26.0 Å². The molecule has 4 heteroatoms. The quantitative estimate of drug-likeness (QED) is 0.916. The van der Waals surface area contributed by atoms with E-state index in [1.54, 1.807) is 31.4 Å². The number of ether oxygens (including phenoxy) is 1. The maximum atomic E-state index is 12.4. The molecule has 0 bridgehead atoms. The molecule has 0 saturated heterocycles. The molecule has 2 aromatic carbocycles. The summed E-state index contributed by atoms with van der Waals surface area (Å²) in [5, 5.41) is 11.9. The van der Waals surface area contributed by atoms with Gasteiger partial charge in [-0.05, 0) is 47.9 Å². The average molecular weight is 308 g/mol. The smallest absolute Gasteiger partial charge is 0.251 e. The Hall–Kier alpha value is -2.80. The lowest BCUT2D eigenvalue weighted by molar-refractivity contribution is 0.0925. The second-order valence-electron chi connectivity index (χ2n) is 5.66. The van der Waals surface area contributed by atoms with Gasteiger partial charge in [-0.3, -0.25) is 4.79 Å². The third kappa shape index (κ3) is 4.10. The van der Waals surface area contributed by atoms with E-state index in [1.807, 2.05) is 30.3 Å². The SMILES string of the molecule is COc1ccc(C(NC(=O)c2ccc(C#N)cc2)C(C)C)cc1. The van der Waals surface area contributed by atoms with Gasteiger partial charge in [-0.15, -0.1) is 0 Å². The highest BCUT2D eigenvalue weighted by Crippen LogP contribution is 2.24. The van der Waals surface area contributed by atoms with E-state index >= 15 is 0 Å². The van der Waals surface area contributed by atoms with Gasteiger partial charge in [0, 0.05) is 5.56 Å². The Bertz CT molecular complexity index is 698. The Morgan fingerprint density at radius 1 is 1.09 bits per heavy atom. The number of benzene rings is 2. The largest absolute Gasteiger partial charge is 0.497 e. The molecule has 0 saturated carbocycles. The number of hydrogen-bond acceptors (Lipinski definition) is 3. The molecule has 23 heavy (non-hydrogen) atoms. The summed E-state index contributed by atoms with van der Waals surface area (Å²) in [5.41, 5.74) is 2.11. The summed E-state index contributed by atoms with van der Waals surface area (Å²) in [6, 6.07) is 16.3. The van der Waals surface area contributed by atoms with Crippen LogP contribution in [0.25, 0.3) is 0 Å². The molecule has 2 aromatic rings. The molecule has 0 heterocycles. The highest BCUT2D eigenvalue weighted by Gasteiger charge is 2.19. The van der Waals surface area contributed by atoms with Gasteiger partial charge >= 0.3 is 0 Å². The maximum absolute atomic E-state index is 12.4. The zero-order valence-electron chi connectivity index (χ0n) is 13.5. The van der Waals surface area contributed by atoms with Gasteiger partial charge in [0.2, 0.25) is 0 Å². The number of hydrogen-bond donors (Lipinski definition) is 1. The van der Waals surface area contributed by atoms with E-state index < -0.39 is 0 Å². The van der Waals surface area contributed by atoms with Crippen LogP contribution in [0.2, 0.25) is 0 Å². The van der Waals surface area contributed by atoms with E-state index in [9.17, 15) is 4.79 Å². The van der Waals surface area contributed by atoms with Crippen molar-refractivity contribution in [3.63, 3.8) is 0 Å². The lowest BCUT2D eigenvalue weighted by Gasteiger charge is -2.23. The monoisotopic (exact) mass is 308 g/mol. The van der Waals surface area contributed by atoms with Gasteiger partial charge in [0.05, 0.1) is 24.8 Å². The van der Waals surface area contributed by atoms with E-state index in [-0.39, 0.29) is 17.9 Å². The fourth-order valence-electron chi connectivity index (χ4n) is 2.37. The Labute approximate surface area is 136 Å². The Balaban J connectivity index is 2.17. The minimum atomic E-state index is -0.149. The number of carbonyl (C=O) groups excluding carboxylic acids is 1. The van der Waals surface area contributed by atoms with E-state index in [0.29, 0.717) is 11.1 Å². The van der Waals surface area contributed by atoms with Crippen LogP contribution in [0, 0.1) is 17.2 Å². The molecule has 0 aliphatic rings. The minimum absolute atomic E-state index is 0.0935. The van der Waals surface area contributed by atoms with Crippen LogP contribution in [-0.4, -0.2) is 13.0 Å². The van der Waals surface area contributed by atoms with E-state index in [2.05, 4.69) is 19.2 Å². The van der Waals surface area contributed by atoms with E-state index in [4.69, 9.17) is 10.00 Å². The van der Waals surface area contributed by atoms with Gasteiger partial charge in [-0.25, -0.2) is 0 Å². The van der Waals surface area contributed by atoms with Crippen molar-refractivity contribution in [1.82, 2.24) is 5.32 Å². The van der Waals surface area contributed by atoms with Crippen LogP contribution in [0.15, 0.2) is 48.5 Å². The zero-order valence-corrected chi connectivity index (χ0v) is 13.5. The predicted molar refractivity (Wildman–Crippen MR) is 89.2 cm³/mol. The molecular formula is C19H20N2O2. The van der Waals surface area contributed by atoms with E-state index in [1.165, 1.54) is 0 Å². The molecule has 1 atom stereocenters. The van der Waals surface area contributed by atoms with E-state index in [0.717, 1.165) is 11.3 Å². The van der Waals surface area contributed by atoms with Gasteiger partial charge in [0.15, 0.2) is 0 Å². The molecule has 2 rings (SSSR count). The highest BCUT2D eigenvalue weighted by molar-refractivity contribution is 5.94. The first-order valence-electron chi connectivity index (χ1n) is 7.50. The molecule has 0 fully saturated rings. The van der Waals surface area contributed by atoms with Crippen LogP contribution >= 0.6 is 0 Å². The molecule has 1 unspecified atom stereocenters. The molecule has 4 nitrogen and oxygen atoms in total. The number of amides is 1. The summed E-state index contributed by atoms with van der Waals surface area (Å²) in [4.78, 5) is 12.4. The first kappa shape index (κ1) is 16.6. The van der Waals surface area contributed by atoms with Crippen molar-refractivity contribution < 1.29 is 9.53 Å². The van der Waals surface area contributed by atoms with Crippen LogP contribution in [0.4, 0.5) is 0 Å². The van der Waals surface area contributed by atoms with Crippen LogP contribution < -0.4 is 10.1 Å². The summed E-state index contributed by atoms with van der Waals surface area (Å²) in [6.45, 7) is 4.13. The Morgan fingerprint density at radius 2 is 1.70 bits per heavy atom. The molecule has 1 N–H and O–H groups in total. The number of nitrogens with one attached hydrogen (secondary N) is 1. The molecular weight excluding hydrogens is 288 g/mol. The first-order chi connectivity index (χ1) is 11.0. The van der Waals surface area contributed by atoms with Gasteiger partial charge < -0.3 is 10.1 Å². The van der Waals surface area contributed by atoms with Gasteiger partial charge in [0.1, 0.15) is 5.75 Å². The fourth-order valence-corrected chi connectivity index (χ4v) is 2.37. The van der Waals surface area contributed by atoms with Crippen molar-refractivity contribution in [2.75, 3.05) is 7.11 Å². The molecule has 118 valence electrons. The number of methoxy groups -OCH3 is 1. The van der Waals surface area contributed by atoms with Crippen molar-refractivity contribution in [3.8, 4) is 11.8 Å². The molecule has 0 spiro atoms. The standard InChI is InChI=1S/C19H20N2O2/c1-13(2)18(15-8-10-17(23-3)11-9-15)21-19(22)16-6-4-14(12-20)5-7-16/h4-11,13,18H,1-3H3,(H,21,22). The predicted octanol–water partition coefficient (Wildman–Crippen LogP) is 3.69. The molecule has 0 aromatic heterocycles.